The van der Waals surface area contributed by atoms with Crippen molar-refractivity contribution in [1.29, 1.82) is 0 Å². The molecule has 1 fully saturated rings. The van der Waals surface area contributed by atoms with Crippen molar-refractivity contribution in [1.82, 2.24) is 0 Å². The van der Waals surface area contributed by atoms with Gasteiger partial charge in [-0.2, -0.15) is 0 Å². The molecule has 1 saturated heterocycles. The first kappa shape index (κ1) is 53.2. The number of aliphatic hydroxyl groups excluding tert-OH is 4. The fourth-order valence-corrected chi connectivity index (χ4v) is 7.06. The summed E-state index contributed by atoms with van der Waals surface area (Å²) in [5, 5.41) is 40.1. The molecule has 0 radical (unpaired) electrons. The van der Waals surface area contributed by atoms with E-state index in [9.17, 15) is 30.0 Å². The highest BCUT2D eigenvalue weighted by Crippen LogP contribution is 2.23. The molecule has 334 valence electrons. The number of carbonyl (C=O) groups excluding carboxylic acids is 2. The van der Waals surface area contributed by atoms with Crippen LogP contribution in [0.25, 0.3) is 0 Å². The van der Waals surface area contributed by atoms with E-state index in [1.165, 1.54) is 128 Å². The molecule has 1 aliphatic rings. The van der Waals surface area contributed by atoms with Gasteiger partial charge in [-0.25, -0.2) is 0 Å². The summed E-state index contributed by atoms with van der Waals surface area (Å²) in [6.45, 7) is 3.40. The highest BCUT2D eigenvalue weighted by molar-refractivity contribution is 5.70. The highest BCUT2D eigenvalue weighted by Gasteiger charge is 2.44. The predicted molar refractivity (Wildman–Crippen MR) is 229 cm³/mol. The Kier molecular flexibility index (Phi) is 35.8. The molecule has 0 amide bonds. The van der Waals surface area contributed by atoms with E-state index < -0.39 is 55.4 Å². The van der Waals surface area contributed by atoms with Crippen molar-refractivity contribution in [2.24, 2.45) is 0 Å². The summed E-state index contributed by atoms with van der Waals surface area (Å²) in [6, 6.07) is 0. The maximum absolute atomic E-state index is 12.8. The minimum Gasteiger partial charge on any atom is -0.462 e. The molecule has 0 aromatic carbocycles. The molecule has 10 heteroatoms. The van der Waals surface area contributed by atoms with E-state index in [2.05, 4.69) is 38.2 Å². The van der Waals surface area contributed by atoms with Crippen LogP contribution in [0.15, 0.2) is 24.3 Å². The Morgan fingerprint density at radius 2 is 0.930 bits per heavy atom. The standard InChI is InChI=1S/C47H86O10/c1-3-5-7-9-11-13-15-17-19-20-22-24-26-28-30-32-34-36-43(50)56-40(39-55-47-46(53)45(52)44(51)41(37-48)57-47)38-54-42(49)35-33-31-29-27-25-23-21-18-16-14-12-10-8-6-4-2/h13,15,25,27,40-41,44-48,51-53H,3-12,14,16-24,26,28-39H2,1-2H3/b15-13+,27-25+/t40-,41-,44+,45?,46?,47-/m1/s1. The normalized spacial score (nSPS) is 20.4. The van der Waals surface area contributed by atoms with Crippen LogP contribution in [0, 0.1) is 0 Å². The maximum atomic E-state index is 12.8. The van der Waals surface area contributed by atoms with Gasteiger partial charge in [0.15, 0.2) is 12.4 Å². The number of carbonyl (C=O) groups is 2. The van der Waals surface area contributed by atoms with Gasteiger partial charge < -0.3 is 39.4 Å². The topological polar surface area (TPSA) is 152 Å². The monoisotopic (exact) mass is 811 g/mol. The SMILES string of the molecule is CCCCCC/C=C/CCCCCCCCCCCC(=O)O[C@H](COC(=O)CCCC/C=C/CCCCCCCCCCC)CO[C@@H]1O[C@H](CO)[C@H](O)C(O)C1O. The van der Waals surface area contributed by atoms with Gasteiger partial charge in [0.1, 0.15) is 31.0 Å². The number of hydrogen-bond acceptors (Lipinski definition) is 10. The summed E-state index contributed by atoms with van der Waals surface area (Å²) in [4.78, 5) is 25.3. The quantitative estimate of drug-likeness (QED) is 0.0268. The molecule has 0 aromatic rings. The van der Waals surface area contributed by atoms with Gasteiger partial charge >= 0.3 is 11.9 Å². The van der Waals surface area contributed by atoms with Gasteiger partial charge in [0.25, 0.3) is 0 Å². The van der Waals surface area contributed by atoms with Gasteiger partial charge in [-0.3, -0.25) is 9.59 Å². The lowest BCUT2D eigenvalue weighted by Gasteiger charge is -2.39. The summed E-state index contributed by atoms with van der Waals surface area (Å²) in [7, 11) is 0. The molecular formula is C47H86O10. The number of rotatable bonds is 39. The number of hydrogen-bond donors (Lipinski definition) is 4. The van der Waals surface area contributed by atoms with E-state index in [1.54, 1.807) is 0 Å². The van der Waals surface area contributed by atoms with Gasteiger partial charge in [-0.1, -0.05) is 154 Å². The molecule has 4 N–H and O–H groups in total. The molecule has 1 aliphatic heterocycles. The van der Waals surface area contributed by atoms with Crippen molar-refractivity contribution in [3.63, 3.8) is 0 Å². The van der Waals surface area contributed by atoms with Crippen LogP contribution in [0.2, 0.25) is 0 Å². The Morgan fingerprint density at radius 1 is 0.526 bits per heavy atom. The third-order valence-corrected chi connectivity index (χ3v) is 10.8. The van der Waals surface area contributed by atoms with E-state index in [1.807, 2.05) is 0 Å². The summed E-state index contributed by atoms with van der Waals surface area (Å²) in [5.41, 5.74) is 0. The largest absolute Gasteiger partial charge is 0.462 e. The molecule has 0 bridgehead atoms. The zero-order valence-corrected chi connectivity index (χ0v) is 36.3. The van der Waals surface area contributed by atoms with Crippen LogP contribution in [0.1, 0.15) is 206 Å². The average molecular weight is 811 g/mol. The van der Waals surface area contributed by atoms with Gasteiger partial charge in [-0.15, -0.1) is 0 Å². The zero-order valence-electron chi connectivity index (χ0n) is 36.3. The van der Waals surface area contributed by atoms with E-state index in [0.29, 0.717) is 12.8 Å². The van der Waals surface area contributed by atoms with Crippen LogP contribution < -0.4 is 0 Å². The minimum absolute atomic E-state index is 0.225. The van der Waals surface area contributed by atoms with E-state index in [-0.39, 0.29) is 26.1 Å². The third kappa shape index (κ3) is 30.0. The highest BCUT2D eigenvalue weighted by atomic mass is 16.7. The van der Waals surface area contributed by atoms with E-state index in [0.717, 1.165) is 38.5 Å². The summed E-state index contributed by atoms with van der Waals surface area (Å²) in [6.07, 6.45) is 34.7. The van der Waals surface area contributed by atoms with Crippen LogP contribution in [-0.4, -0.2) is 89.0 Å². The molecule has 10 nitrogen and oxygen atoms in total. The predicted octanol–water partition coefficient (Wildman–Crippen LogP) is 10.1. The molecule has 1 heterocycles. The van der Waals surface area contributed by atoms with Crippen molar-refractivity contribution < 1.29 is 49.0 Å². The van der Waals surface area contributed by atoms with Crippen LogP contribution in [0.3, 0.4) is 0 Å². The van der Waals surface area contributed by atoms with Gasteiger partial charge in [0.2, 0.25) is 0 Å². The van der Waals surface area contributed by atoms with Gasteiger partial charge in [-0.05, 0) is 64.2 Å². The molecule has 2 unspecified atom stereocenters. The molecule has 0 aliphatic carbocycles. The Bertz CT molecular complexity index is 985. The third-order valence-electron chi connectivity index (χ3n) is 10.8. The van der Waals surface area contributed by atoms with Crippen LogP contribution in [-0.2, 0) is 28.5 Å². The first-order chi connectivity index (χ1) is 27.8. The Morgan fingerprint density at radius 3 is 1.42 bits per heavy atom. The Labute approximate surface area is 347 Å². The first-order valence-electron chi connectivity index (χ1n) is 23.4. The van der Waals surface area contributed by atoms with Crippen molar-refractivity contribution in [3.05, 3.63) is 24.3 Å². The molecule has 6 atom stereocenters. The van der Waals surface area contributed by atoms with Gasteiger partial charge in [0, 0.05) is 12.8 Å². The lowest BCUT2D eigenvalue weighted by atomic mass is 9.99. The van der Waals surface area contributed by atoms with Crippen LogP contribution in [0.5, 0.6) is 0 Å². The lowest BCUT2D eigenvalue weighted by molar-refractivity contribution is -0.305. The Balaban J connectivity index is 2.32. The molecule has 0 spiro atoms. The molecule has 1 rings (SSSR count). The fraction of sp³-hybridized carbons (Fsp3) is 0.872. The van der Waals surface area contributed by atoms with Crippen molar-refractivity contribution in [2.75, 3.05) is 19.8 Å². The average Bonchev–Trinajstić information content (AvgIpc) is 3.21. The number of ether oxygens (including phenoxy) is 4. The van der Waals surface area contributed by atoms with E-state index >= 15 is 0 Å². The molecular weight excluding hydrogens is 725 g/mol. The minimum atomic E-state index is -1.60. The van der Waals surface area contributed by atoms with Crippen molar-refractivity contribution in [3.8, 4) is 0 Å². The number of aliphatic hydroxyl groups is 4. The zero-order chi connectivity index (χ0) is 41.6. The van der Waals surface area contributed by atoms with Crippen LogP contribution >= 0.6 is 0 Å². The number of esters is 2. The lowest BCUT2D eigenvalue weighted by Crippen LogP contribution is -2.59. The summed E-state index contributed by atoms with van der Waals surface area (Å²) in [5.74, 6) is -0.828. The van der Waals surface area contributed by atoms with E-state index in [4.69, 9.17) is 18.9 Å². The second kappa shape index (κ2) is 38.4. The van der Waals surface area contributed by atoms with Gasteiger partial charge in [0.05, 0.1) is 13.2 Å². The first-order valence-corrected chi connectivity index (χ1v) is 23.4. The molecule has 0 saturated carbocycles. The Hall–Kier alpha value is -1.82. The summed E-state index contributed by atoms with van der Waals surface area (Å²) < 4.78 is 22.2. The second-order valence-corrected chi connectivity index (χ2v) is 16.2. The van der Waals surface area contributed by atoms with Crippen molar-refractivity contribution >= 4 is 11.9 Å². The fourth-order valence-electron chi connectivity index (χ4n) is 7.06. The number of unbranched alkanes of at least 4 members (excludes halogenated alkanes) is 24. The molecule has 0 aromatic heterocycles. The smallest absolute Gasteiger partial charge is 0.306 e. The molecule has 57 heavy (non-hydrogen) atoms. The van der Waals surface area contributed by atoms with Crippen molar-refractivity contribution in [2.45, 2.75) is 243 Å². The second-order valence-electron chi connectivity index (χ2n) is 16.2. The van der Waals surface area contributed by atoms with Crippen LogP contribution in [0.4, 0.5) is 0 Å². The number of allylic oxidation sites excluding steroid dienone is 4. The maximum Gasteiger partial charge on any atom is 0.306 e. The summed E-state index contributed by atoms with van der Waals surface area (Å²) >= 11 is 0.